The van der Waals surface area contributed by atoms with E-state index in [2.05, 4.69) is 4.98 Å². The van der Waals surface area contributed by atoms with E-state index in [1.54, 1.807) is 17.6 Å². The van der Waals surface area contributed by atoms with Crippen LogP contribution in [0.3, 0.4) is 0 Å². The largest absolute Gasteiger partial charge is 0.489 e. The summed E-state index contributed by atoms with van der Waals surface area (Å²) in [4.78, 5) is 16.1. The van der Waals surface area contributed by atoms with Gasteiger partial charge in [-0.15, -0.1) is 0 Å². The van der Waals surface area contributed by atoms with Crippen LogP contribution in [-0.4, -0.2) is 43.5 Å². The lowest BCUT2D eigenvalue weighted by Gasteiger charge is -2.34. The standard InChI is InChI=1S/C19H20Cl2N2O6S/c20-16-9-14(10-17(21)22-16)29-11-13-1-3-15(4-2-13)30(26,27)12-19(18(24)23-25)5-7-28-8-6-19/h1-4,9-10,25H,5-8,11-12H2,(H,23,24). The van der Waals surface area contributed by atoms with Gasteiger partial charge in [-0.25, -0.2) is 18.9 Å². The smallest absolute Gasteiger partial charge is 0.250 e. The van der Waals surface area contributed by atoms with Crippen LogP contribution in [0.1, 0.15) is 18.4 Å². The average molecular weight is 475 g/mol. The van der Waals surface area contributed by atoms with E-state index in [0.29, 0.717) is 5.75 Å². The van der Waals surface area contributed by atoms with Crippen molar-refractivity contribution in [2.45, 2.75) is 24.3 Å². The highest BCUT2D eigenvalue weighted by atomic mass is 35.5. The maximum absolute atomic E-state index is 12.9. The van der Waals surface area contributed by atoms with Gasteiger partial charge in [-0.05, 0) is 30.5 Å². The van der Waals surface area contributed by atoms with Gasteiger partial charge in [-0.2, -0.15) is 0 Å². The van der Waals surface area contributed by atoms with Gasteiger partial charge in [-0.1, -0.05) is 35.3 Å². The van der Waals surface area contributed by atoms with Crippen molar-refractivity contribution >= 4 is 38.9 Å². The van der Waals surface area contributed by atoms with Gasteiger partial charge >= 0.3 is 0 Å². The lowest BCUT2D eigenvalue weighted by atomic mass is 9.81. The third kappa shape index (κ3) is 5.41. The van der Waals surface area contributed by atoms with Crippen molar-refractivity contribution in [3.05, 3.63) is 52.3 Å². The minimum absolute atomic E-state index is 0.0813. The lowest BCUT2D eigenvalue weighted by molar-refractivity contribution is -0.143. The second kappa shape index (κ2) is 9.49. The molecule has 0 spiro atoms. The van der Waals surface area contributed by atoms with Gasteiger partial charge in [0, 0.05) is 25.3 Å². The van der Waals surface area contributed by atoms with Crippen LogP contribution in [0.4, 0.5) is 0 Å². The first-order valence-corrected chi connectivity index (χ1v) is 11.4. The second-order valence-electron chi connectivity index (χ2n) is 6.97. The van der Waals surface area contributed by atoms with Crippen molar-refractivity contribution in [3.8, 4) is 5.75 Å². The quantitative estimate of drug-likeness (QED) is 0.359. The van der Waals surface area contributed by atoms with E-state index in [1.807, 2.05) is 0 Å². The molecule has 1 aliphatic heterocycles. The Hall–Kier alpha value is -1.91. The highest BCUT2D eigenvalue weighted by molar-refractivity contribution is 7.91. The van der Waals surface area contributed by atoms with Crippen molar-refractivity contribution in [3.63, 3.8) is 0 Å². The first-order chi connectivity index (χ1) is 14.2. The molecule has 0 aliphatic carbocycles. The van der Waals surface area contributed by atoms with Crippen molar-refractivity contribution < 1.29 is 27.9 Å². The van der Waals surface area contributed by atoms with E-state index >= 15 is 0 Å². The van der Waals surface area contributed by atoms with Crippen molar-refractivity contribution in [1.82, 2.24) is 10.5 Å². The molecular formula is C19H20Cl2N2O6S. The number of hydrogen-bond donors (Lipinski definition) is 2. The van der Waals surface area contributed by atoms with Gasteiger partial charge in [0.2, 0.25) is 0 Å². The minimum atomic E-state index is -3.78. The first-order valence-electron chi connectivity index (χ1n) is 9.04. The van der Waals surface area contributed by atoms with E-state index in [0.717, 1.165) is 5.56 Å². The highest BCUT2D eigenvalue weighted by Gasteiger charge is 2.44. The number of carbonyl (C=O) groups excluding carboxylic acids is 1. The molecule has 2 aromatic rings. The number of nitrogens with zero attached hydrogens (tertiary/aromatic N) is 1. The Bertz CT molecular complexity index is 988. The summed E-state index contributed by atoms with van der Waals surface area (Å²) in [6, 6.07) is 9.21. The summed E-state index contributed by atoms with van der Waals surface area (Å²) < 4.78 is 36.7. The molecule has 3 rings (SSSR count). The van der Waals surface area contributed by atoms with Crippen LogP contribution in [0.25, 0.3) is 0 Å². The van der Waals surface area contributed by atoms with Crippen LogP contribution in [-0.2, 0) is 26.0 Å². The zero-order valence-electron chi connectivity index (χ0n) is 15.8. The fourth-order valence-corrected chi connectivity index (χ4v) is 5.56. The van der Waals surface area contributed by atoms with Gasteiger partial charge in [0.15, 0.2) is 9.84 Å². The summed E-state index contributed by atoms with van der Waals surface area (Å²) in [5.74, 6) is -0.693. The number of nitrogens with one attached hydrogen (secondary N) is 1. The monoisotopic (exact) mass is 474 g/mol. The maximum Gasteiger partial charge on any atom is 0.250 e. The van der Waals surface area contributed by atoms with Gasteiger partial charge in [0.25, 0.3) is 5.91 Å². The van der Waals surface area contributed by atoms with E-state index in [9.17, 15) is 13.2 Å². The van der Waals surface area contributed by atoms with Crippen LogP contribution in [0.2, 0.25) is 10.3 Å². The molecule has 1 saturated heterocycles. The number of aromatic nitrogens is 1. The predicted molar refractivity (Wildman–Crippen MR) is 109 cm³/mol. The highest BCUT2D eigenvalue weighted by Crippen LogP contribution is 2.34. The Morgan fingerprint density at radius 2 is 1.77 bits per heavy atom. The molecule has 1 fully saturated rings. The number of hydrogen-bond acceptors (Lipinski definition) is 7. The molecule has 1 amide bonds. The van der Waals surface area contributed by atoms with Crippen LogP contribution in [0.15, 0.2) is 41.3 Å². The summed E-state index contributed by atoms with van der Waals surface area (Å²) in [7, 11) is -3.78. The molecule has 11 heteroatoms. The number of carbonyl (C=O) groups is 1. The van der Waals surface area contributed by atoms with E-state index < -0.39 is 26.9 Å². The number of rotatable bonds is 7. The van der Waals surface area contributed by atoms with E-state index in [1.165, 1.54) is 24.3 Å². The summed E-state index contributed by atoms with van der Waals surface area (Å²) in [5.41, 5.74) is 1.10. The van der Waals surface area contributed by atoms with Crippen LogP contribution >= 0.6 is 23.2 Å². The molecule has 0 unspecified atom stereocenters. The van der Waals surface area contributed by atoms with Gasteiger partial charge < -0.3 is 9.47 Å². The lowest BCUT2D eigenvalue weighted by Crippen LogP contribution is -2.47. The summed E-state index contributed by atoms with van der Waals surface area (Å²) in [6.07, 6.45) is 0.420. The van der Waals surface area contributed by atoms with Crippen molar-refractivity contribution in [2.24, 2.45) is 5.41 Å². The molecule has 2 N–H and O–H groups in total. The molecule has 162 valence electrons. The number of pyridine rings is 1. The van der Waals surface area contributed by atoms with Crippen LogP contribution in [0.5, 0.6) is 5.75 Å². The maximum atomic E-state index is 12.9. The number of hydroxylamine groups is 1. The second-order valence-corrected chi connectivity index (χ2v) is 9.74. The topological polar surface area (TPSA) is 115 Å². The number of amides is 1. The molecule has 0 saturated carbocycles. The molecule has 1 aliphatic rings. The summed E-state index contributed by atoms with van der Waals surface area (Å²) in [6.45, 7) is 0.676. The Kier molecular flexibility index (Phi) is 7.20. The van der Waals surface area contributed by atoms with Gasteiger partial charge in [-0.3, -0.25) is 10.0 Å². The average Bonchev–Trinajstić information content (AvgIpc) is 2.71. The molecule has 1 aromatic carbocycles. The number of sulfone groups is 1. The Balaban J connectivity index is 1.71. The zero-order valence-corrected chi connectivity index (χ0v) is 18.1. The summed E-state index contributed by atoms with van der Waals surface area (Å²) in [5, 5.41) is 9.48. The van der Waals surface area contributed by atoms with Crippen molar-refractivity contribution in [1.29, 1.82) is 0 Å². The molecule has 1 aromatic heterocycles. The summed E-state index contributed by atoms with van der Waals surface area (Å²) >= 11 is 11.7. The fraction of sp³-hybridized carbons (Fsp3) is 0.368. The van der Waals surface area contributed by atoms with Gasteiger partial charge in [0.1, 0.15) is 22.7 Å². The first kappa shape index (κ1) is 22.8. The van der Waals surface area contributed by atoms with Crippen LogP contribution < -0.4 is 10.2 Å². The normalized spacial score (nSPS) is 16.1. The third-order valence-corrected chi connectivity index (χ3v) is 7.23. The Labute approximate surface area is 184 Å². The van der Waals surface area contributed by atoms with E-state index in [4.69, 9.17) is 37.9 Å². The molecule has 0 bridgehead atoms. The Morgan fingerprint density at radius 1 is 1.17 bits per heavy atom. The number of ether oxygens (including phenoxy) is 2. The van der Waals surface area contributed by atoms with Crippen molar-refractivity contribution in [2.75, 3.05) is 19.0 Å². The molecular weight excluding hydrogens is 455 g/mol. The predicted octanol–water partition coefficient (Wildman–Crippen LogP) is 3.04. The molecule has 2 heterocycles. The minimum Gasteiger partial charge on any atom is -0.489 e. The molecule has 0 radical (unpaired) electrons. The third-order valence-electron chi connectivity index (χ3n) is 4.92. The molecule has 30 heavy (non-hydrogen) atoms. The Morgan fingerprint density at radius 3 is 2.33 bits per heavy atom. The fourth-order valence-electron chi connectivity index (χ4n) is 3.25. The van der Waals surface area contributed by atoms with Crippen LogP contribution in [0, 0.1) is 5.41 Å². The molecule has 8 nitrogen and oxygen atoms in total. The number of halogens is 2. The van der Waals surface area contributed by atoms with Gasteiger partial charge in [0.05, 0.1) is 16.1 Å². The number of benzene rings is 1. The zero-order chi connectivity index (χ0) is 21.8. The van der Waals surface area contributed by atoms with E-state index in [-0.39, 0.29) is 47.9 Å². The molecule has 0 atom stereocenters. The SMILES string of the molecule is O=C(NO)C1(CS(=O)(=O)c2ccc(COc3cc(Cl)nc(Cl)c3)cc2)CCOCC1.